The van der Waals surface area contributed by atoms with Crippen LogP contribution < -0.4 is 14.8 Å². The van der Waals surface area contributed by atoms with Crippen molar-refractivity contribution < 1.29 is 19.0 Å². The monoisotopic (exact) mass is 367 g/mol. The zero-order chi connectivity index (χ0) is 18.8. The number of tetrazole rings is 1. The second-order valence-corrected chi connectivity index (χ2v) is 5.76. The Morgan fingerprint density at radius 1 is 1.22 bits per heavy atom. The number of anilines is 1. The van der Waals surface area contributed by atoms with Gasteiger partial charge in [0.2, 0.25) is 0 Å². The minimum Gasteiger partial charge on any atom is -0.497 e. The number of amides is 1. The van der Waals surface area contributed by atoms with Crippen LogP contribution in [-0.4, -0.2) is 33.4 Å². The summed E-state index contributed by atoms with van der Waals surface area (Å²) in [4.78, 5) is 13.8. The molecule has 0 aliphatic carbocycles. The summed E-state index contributed by atoms with van der Waals surface area (Å²) < 4.78 is 16.9. The summed E-state index contributed by atoms with van der Waals surface area (Å²) in [6.45, 7) is 2.41. The highest BCUT2D eigenvalue weighted by atomic mass is 16.6. The van der Waals surface area contributed by atoms with Crippen LogP contribution in [-0.2, 0) is 11.3 Å². The van der Waals surface area contributed by atoms with Crippen molar-refractivity contribution in [2.24, 2.45) is 0 Å². The molecule has 0 saturated carbocycles. The van der Waals surface area contributed by atoms with Crippen LogP contribution in [0, 0.1) is 0 Å². The zero-order valence-electron chi connectivity index (χ0n) is 14.7. The molecule has 0 saturated heterocycles. The number of carbonyl (C=O) groups is 1. The zero-order valence-corrected chi connectivity index (χ0v) is 14.7. The Kier molecular flexibility index (Phi) is 4.33. The van der Waals surface area contributed by atoms with Crippen molar-refractivity contribution in [1.82, 2.24) is 20.2 Å². The standard InChI is InChI=1S/C18H17N5O4/c1-3-23-21-17(20-22-23)19-18(24)27-16-12-6-4-5-7-14(12)26-15-9-8-11(25-2)10-13(15)16/h4-10,16H,3H2,1-2H3,(H,19,21,24). The number of aryl methyl sites for hydroxylation is 1. The first-order valence-electron chi connectivity index (χ1n) is 8.38. The first kappa shape index (κ1) is 16.8. The summed E-state index contributed by atoms with van der Waals surface area (Å²) in [5, 5.41) is 14.1. The van der Waals surface area contributed by atoms with Crippen LogP contribution in [0.2, 0.25) is 0 Å². The minimum absolute atomic E-state index is 0.0769. The normalized spacial score (nSPS) is 14.5. The van der Waals surface area contributed by atoms with Crippen LogP contribution >= 0.6 is 0 Å². The molecular formula is C18H17N5O4. The molecule has 0 bridgehead atoms. The fourth-order valence-corrected chi connectivity index (χ4v) is 2.81. The molecule has 1 aliphatic heterocycles. The lowest BCUT2D eigenvalue weighted by Crippen LogP contribution is -2.21. The largest absolute Gasteiger partial charge is 0.497 e. The maximum atomic E-state index is 12.4. The van der Waals surface area contributed by atoms with E-state index in [2.05, 4.69) is 20.7 Å². The number of para-hydroxylation sites is 1. The number of rotatable bonds is 4. The lowest BCUT2D eigenvalue weighted by Gasteiger charge is -2.28. The number of nitrogens with one attached hydrogen (secondary N) is 1. The molecule has 0 radical (unpaired) electrons. The van der Waals surface area contributed by atoms with Crippen LogP contribution in [0.4, 0.5) is 10.7 Å². The van der Waals surface area contributed by atoms with E-state index in [0.717, 1.165) is 5.56 Å². The summed E-state index contributed by atoms with van der Waals surface area (Å²) in [5.74, 6) is 1.94. The van der Waals surface area contributed by atoms with E-state index in [1.807, 2.05) is 31.2 Å². The van der Waals surface area contributed by atoms with Gasteiger partial charge in [0.1, 0.15) is 17.2 Å². The Hall–Kier alpha value is -3.62. The Morgan fingerprint density at radius 3 is 2.81 bits per heavy atom. The lowest BCUT2D eigenvalue weighted by atomic mass is 9.97. The van der Waals surface area contributed by atoms with E-state index in [1.54, 1.807) is 25.3 Å². The second-order valence-electron chi connectivity index (χ2n) is 5.76. The molecule has 2 heterocycles. The fourth-order valence-electron chi connectivity index (χ4n) is 2.81. The van der Waals surface area contributed by atoms with Gasteiger partial charge in [-0.05, 0) is 36.4 Å². The van der Waals surface area contributed by atoms with E-state index < -0.39 is 12.2 Å². The third-order valence-corrected chi connectivity index (χ3v) is 4.10. The van der Waals surface area contributed by atoms with Crippen molar-refractivity contribution in [3.05, 3.63) is 53.6 Å². The molecular weight excluding hydrogens is 350 g/mol. The molecule has 1 amide bonds. The Morgan fingerprint density at radius 2 is 2.04 bits per heavy atom. The van der Waals surface area contributed by atoms with Gasteiger partial charge in [-0.25, -0.2) is 4.79 Å². The van der Waals surface area contributed by atoms with Crippen molar-refractivity contribution in [2.45, 2.75) is 19.6 Å². The SMILES string of the molecule is CCn1nnc(NC(=O)OC2c3ccccc3Oc3ccc(OC)cc32)n1. The second kappa shape index (κ2) is 6.94. The van der Waals surface area contributed by atoms with Crippen LogP contribution in [0.3, 0.4) is 0 Å². The lowest BCUT2D eigenvalue weighted by molar-refractivity contribution is 0.125. The molecule has 1 atom stereocenters. The van der Waals surface area contributed by atoms with Crippen LogP contribution in [0.5, 0.6) is 17.2 Å². The van der Waals surface area contributed by atoms with Crippen LogP contribution in [0.1, 0.15) is 24.2 Å². The van der Waals surface area contributed by atoms with Crippen molar-refractivity contribution in [1.29, 1.82) is 0 Å². The quantitative estimate of drug-likeness (QED) is 0.756. The van der Waals surface area contributed by atoms with Gasteiger partial charge in [-0.3, -0.25) is 5.32 Å². The van der Waals surface area contributed by atoms with Gasteiger partial charge in [0.15, 0.2) is 6.10 Å². The predicted molar refractivity (Wildman–Crippen MR) is 94.9 cm³/mol. The average molecular weight is 367 g/mol. The highest BCUT2D eigenvalue weighted by molar-refractivity contribution is 5.82. The van der Waals surface area contributed by atoms with Gasteiger partial charge < -0.3 is 14.2 Å². The van der Waals surface area contributed by atoms with E-state index in [0.29, 0.717) is 29.4 Å². The van der Waals surface area contributed by atoms with Gasteiger partial charge in [-0.2, -0.15) is 4.80 Å². The van der Waals surface area contributed by atoms with Gasteiger partial charge >= 0.3 is 6.09 Å². The Bertz CT molecular complexity index is 987. The van der Waals surface area contributed by atoms with Crippen molar-refractivity contribution in [2.75, 3.05) is 12.4 Å². The average Bonchev–Trinajstić information content (AvgIpc) is 3.15. The number of hydrogen-bond donors (Lipinski definition) is 1. The molecule has 0 spiro atoms. The predicted octanol–water partition coefficient (Wildman–Crippen LogP) is 3.15. The molecule has 9 nitrogen and oxygen atoms in total. The maximum absolute atomic E-state index is 12.4. The molecule has 2 aromatic carbocycles. The van der Waals surface area contributed by atoms with Gasteiger partial charge in [-0.1, -0.05) is 23.3 Å². The number of nitrogens with zero attached hydrogens (tertiary/aromatic N) is 4. The van der Waals surface area contributed by atoms with E-state index in [1.165, 1.54) is 4.80 Å². The number of ether oxygens (including phenoxy) is 3. The van der Waals surface area contributed by atoms with Gasteiger partial charge in [-0.15, -0.1) is 5.10 Å². The van der Waals surface area contributed by atoms with E-state index >= 15 is 0 Å². The number of aromatic nitrogens is 4. The van der Waals surface area contributed by atoms with Crippen molar-refractivity contribution >= 4 is 12.0 Å². The third-order valence-electron chi connectivity index (χ3n) is 4.10. The molecule has 4 rings (SSSR count). The van der Waals surface area contributed by atoms with Crippen LogP contribution in [0.25, 0.3) is 0 Å². The van der Waals surface area contributed by atoms with Gasteiger partial charge in [0.05, 0.1) is 13.7 Å². The van der Waals surface area contributed by atoms with E-state index in [4.69, 9.17) is 14.2 Å². The number of carbonyl (C=O) groups excluding carboxylic acids is 1. The molecule has 1 aromatic heterocycles. The first-order chi connectivity index (χ1) is 13.2. The number of hydrogen-bond acceptors (Lipinski definition) is 7. The molecule has 1 aliphatic rings. The summed E-state index contributed by atoms with van der Waals surface area (Å²) in [7, 11) is 1.57. The number of fused-ring (bicyclic) bond motifs is 2. The van der Waals surface area contributed by atoms with E-state index in [9.17, 15) is 4.79 Å². The van der Waals surface area contributed by atoms with E-state index in [-0.39, 0.29) is 5.95 Å². The summed E-state index contributed by atoms with van der Waals surface area (Å²) in [6, 6.07) is 12.7. The number of methoxy groups -OCH3 is 1. The third kappa shape index (κ3) is 3.26. The van der Waals surface area contributed by atoms with Gasteiger partial charge in [0.25, 0.3) is 5.95 Å². The Balaban J connectivity index is 1.63. The van der Waals surface area contributed by atoms with Gasteiger partial charge in [0, 0.05) is 11.1 Å². The topological polar surface area (TPSA) is 100 Å². The molecule has 1 unspecified atom stereocenters. The highest BCUT2D eigenvalue weighted by Crippen LogP contribution is 2.45. The Labute approximate surface area is 154 Å². The molecule has 27 heavy (non-hydrogen) atoms. The van der Waals surface area contributed by atoms with Crippen LogP contribution in [0.15, 0.2) is 42.5 Å². The molecule has 138 valence electrons. The smallest absolute Gasteiger partial charge is 0.415 e. The van der Waals surface area contributed by atoms with Crippen molar-refractivity contribution in [3.63, 3.8) is 0 Å². The highest BCUT2D eigenvalue weighted by Gasteiger charge is 2.31. The molecule has 0 fully saturated rings. The maximum Gasteiger partial charge on any atom is 0.415 e. The summed E-state index contributed by atoms with van der Waals surface area (Å²) >= 11 is 0. The van der Waals surface area contributed by atoms with Crippen molar-refractivity contribution in [3.8, 4) is 17.2 Å². The minimum atomic E-state index is -0.693. The molecule has 1 N–H and O–H groups in total. The molecule has 3 aromatic rings. The number of benzene rings is 2. The molecule has 9 heteroatoms. The fraction of sp³-hybridized carbons (Fsp3) is 0.222. The first-order valence-corrected chi connectivity index (χ1v) is 8.38. The summed E-state index contributed by atoms with van der Waals surface area (Å²) in [6.07, 6.45) is -1.36. The summed E-state index contributed by atoms with van der Waals surface area (Å²) in [5.41, 5.74) is 1.42.